The summed E-state index contributed by atoms with van der Waals surface area (Å²) in [6.07, 6.45) is -0.413. The van der Waals surface area contributed by atoms with E-state index in [1.165, 1.54) is 6.07 Å². The van der Waals surface area contributed by atoms with Gasteiger partial charge in [-0.3, -0.25) is 0 Å². The van der Waals surface area contributed by atoms with Gasteiger partial charge in [-0.25, -0.2) is 26.3 Å². The molecule has 0 unspecified atom stereocenters. The van der Waals surface area contributed by atoms with Crippen LogP contribution in [-0.4, -0.2) is 0 Å². The highest BCUT2D eigenvalue weighted by Gasteiger charge is 2.42. The van der Waals surface area contributed by atoms with E-state index in [1.54, 1.807) is 0 Å². The molecule has 1 fully saturated rings. The van der Waals surface area contributed by atoms with E-state index in [-0.39, 0.29) is 18.1 Å². The van der Waals surface area contributed by atoms with Gasteiger partial charge in [0.05, 0.1) is 5.56 Å². The van der Waals surface area contributed by atoms with Crippen molar-refractivity contribution in [1.29, 1.82) is 5.26 Å². The molecule has 188 valence electrons. The lowest BCUT2D eigenvalue weighted by molar-refractivity contribution is -0.189. The van der Waals surface area contributed by atoms with Gasteiger partial charge < -0.3 is 4.74 Å². The van der Waals surface area contributed by atoms with Crippen LogP contribution in [0.5, 0.6) is 5.75 Å². The first-order valence-corrected chi connectivity index (χ1v) is 10.9. The third kappa shape index (κ3) is 5.01. The Bertz CT molecular complexity index is 1290. The Balaban J connectivity index is 1.65. The largest absolute Gasteiger partial charge is 0.432 e. The fourth-order valence-electron chi connectivity index (χ4n) is 4.48. The Hall–Kier alpha value is -3.61. The van der Waals surface area contributed by atoms with Crippen molar-refractivity contribution in [2.75, 3.05) is 0 Å². The van der Waals surface area contributed by atoms with E-state index >= 15 is 0 Å². The monoisotopic (exact) mass is 511 g/mol. The van der Waals surface area contributed by atoms with Crippen molar-refractivity contribution in [3.63, 3.8) is 0 Å². The fraction of sp³-hybridized carbons (Fsp3) is 0.269. The molecule has 4 rings (SSSR count). The summed E-state index contributed by atoms with van der Waals surface area (Å²) in [6, 6.07) is 4.40. The third-order valence-electron chi connectivity index (χ3n) is 6.10. The Kier molecular flexibility index (Phi) is 6.94. The molecule has 0 atom stereocenters. The van der Waals surface area contributed by atoms with Crippen molar-refractivity contribution in [1.82, 2.24) is 0 Å². The van der Waals surface area contributed by atoms with E-state index in [2.05, 4.69) is 4.74 Å². The summed E-state index contributed by atoms with van der Waals surface area (Å²) in [5.74, 6) is -9.95. The topological polar surface area (TPSA) is 33.0 Å². The number of nitriles is 1. The molecule has 0 heterocycles. The van der Waals surface area contributed by atoms with Crippen molar-refractivity contribution in [2.45, 2.75) is 38.2 Å². The van der Waals surface area contributed by atoms with E-state index in [0.717, 1.165) is 37.8 Å². The van der Waals surface area contributed by atoms with Crippen LogP contribution in [0.3, 0.4) is 0 Å². The first-order chi connectivity index (χ1) is 17.0. The van der Waals surface area contributed by atoms with Crippen molar-refractivity contribution < 1.29 is 39.9 Å². The Morgan fingerprint density at radius 2 is 1.31 bits per heavy atom. The standard InChI is InChI=1S/C26H17F8NO/c27-18-10-16(11-19(28)17(18)12-35)36-26(33,34)25-22(31)8-15(9-23(25)32)24-20(29)6-14(7-21(24)30)5-13-3-1-2-4-13/h6-11,13H,1-5H2. The molecule has 1 aliphatic carbocycles. The molecule has 36 heavy (non-hydrogen) atoms. The van der Waals surface area contributed by atoms with E-state index in [1.807, 2.05) is 0 Å². The molecule has 0 amide bonds. The number of nitrogens with zero attached hydrogens (tertiary/aromatic N) is 1. The fourth-order valence-corrected chi connectivity index (χ4v) is 4.48. The number of ether oxygens (including phenoxy) is 1. The molecule has 1 aliphatic rings. The van der Waals surface area contributed by atoms with Gasteiger partial charge in [0.25, 0.3) is 0 Å². The van der Waals surface area contributed by atoms with Crippen molar-refractivity contribution >= 4 is 0 Å². The van der Waals surface area contributed by atoms with Crippen LogP contribution in [0.25, 0.3) is 11.1 Å². The smallest absolute Gasteiger partial charge is 0.429 e. The summed E-state index contributed by atoms with van der Waals surface area (Å²) in [5, 5.41) is 8.64. The van der Waals surface area contributed by atoms with E-state index in [9.17, 15) is 35.1 Å². The second-order valence-corrected chi connectivity index (χ2v) is 8.60. The minimum atomic E-state index is -4.78. The normalized spacial score (nSPS) is 14.2. The maximum Gasteiger partial charge on any atom is 0.432 e. The molecule has 0 bridgehead atoms. The van der Waals surface area contributed by atoms with Gasteiger partial charge in [-0.05, 0) is 47.7 Å². The summed E-state index contributed by atoms with van der Waals surface area (Å²) in [5.41, 5.74) is -4.08. The molecule has 0 spiro atoms. The summed E-state index contributed by atoms with van der Waals surface area (Å²) < 4.78 is 119. The molecule has 0 saturated heterocycles. The van der Waals surface area contributed by atoms with E-state index in [0.29, 0.717) is 24.1 Å². The van der Waals surface area contributed by atoms with Crippen LogP contribution < -0.4 is 4.74 Å². The Morgan fingerprint density at radius 3 is 1.81 bits per heavy atom. The van der Waals surface area contributed by atoms with Gasteiger partial charge >= 0.3 is 6.11 Å². The third-order valence-corrected chi connectivity index (χ3v) is 6.10. The van der Waals surface area contributed by atoms with Crippen LogP contribution in [0.15, 0.2) is 36.4 Å². The van der Waals surface area contributed by atoms with Crippen LogP contribution in [-0.2, 0) is 12.5 Å². The number of alkyl halides is 2. The molecule has 3 aromatic carbocycles. The zero-order chi connectivity index (χ0) is 26.2. The van der Waals surface area contributed by atoms with Gasteiger partial charge in [0.2, 0.25) is 0 Å². The zero-order valence-corrected chi connectivity index (χ0v) is 18.5. The molecule has 10 heteroatoms. The van der Waals surface area contributed by atoms with Gasteiger partial charge in [0.1, 0.15) is 57.8 Å². The first kappa shape index (κ1) is 25.5. The predicted molar refractivity (Wildman–Crippen MR) is 113 cm³/mol. The minimum absolute atomic E-state index is 0.248. The lowest BCUT2D eigenvalue weighted by Gasteiger charge is -2.20. The van der Waals surface area contributed by atoms with Gasteiger partial charge in [-0.2, -0.15) is 14.0 Å². The second kappa shape index (κ2) is 9.80. The van der Waals surface area contributed by atoms with Gasteiger partial charge in [-0.15, -0.1) is 0 Å². The molecule has 0 aromatic heterocycles. The van der Waals surface area contributed by atoms with E-state index in [4.69, 9.17) is 5.26 Å². The lowest BCUT2D eigenvalue weighted by Crippen LogP contribution is -2.25. The quantitative estimate of drug-likeness (QED) is 0.315. The predicted octanol–water partition coefficient (Wildman–Crippen LogP) is 7.92. The second-order valence-electron chi connectivity index (χ2n) is 8.60. The molecular weight excluding hydrogens is 494 g/mol. The Labute approximate surface area is 200 Å². The van der Waals surface area contributed by atoms with Crippen LogP contribution in [0.2, 0.25) is 0 Å². The highest BCUT2D eigenvalue weighted by Crippen LogP contribution is 2.39. The average molecular weight is 511 g/mol. The number of hydrogen-bond donors (Lipinski definition) is 0. The maximum atomic E-state index is 14.7. The van der Waals surface area contributed by atoms with Crippen LogP contribution in [0, 0.1) is 52.2 Å². The highest BCUT2D eigenvalue weighted by atomic mass is 19.3. The van der Waals surface area contributed by atoms with Gasteiger partial charge in [0, 0.05) is 12.1 Å². The minimum Gasteiger partial charge on any atom is -0.429 e. The van der Waals surface area contributed by atoms with Crippen LogP contribution in [0.4, 0.5) is 35.1 Å². The van der Waals surface area contributed by atoms with E-state index < -0.39 is 69.0 Å². The van der Waals surface area contributed by atoms with Crippen molar-refractivity contribution in [3.05, 3.63) is 88.0 Å². The molecular formula is C26H17F8NO. The highest BCUT2D eigenvalue weighted by molar-refractivity contribution is 5.66. The van der Waals surface area contributed by atoms with Gasteiger partial charge in [-0.1, -0.05) is 25.7 Å². The first-order valence-electron chi connectivity index (χ1n) is 10.9. The molecule has 0 N–H and O–H groups in total. The summed E-state index contributed by atoms with van der Waals surface area (Å²) in [7, 11) is 0. The SMILES string of the molecule is N#Cc1c(F)cc(OC(F)(F)c2c(F)cc(-c3c(F)cc(CC4CCCC4)cc3F)cc2F)cc1F. The molecule has 0 aliphatic heterocycles. The number of hydrogen-bond acceptors (Lipinski definition) is 2. The maximum absolute atomic E-state index is 14.7. The van der Waals surface area contributed by atoms with Crippen molar-refractivity contribution in [2.24, 2.45) is 5.92 Å². The average Bonchev–Trinajstić information content (AvgIpc) is 3.25. The van der Waals surface area contributed by atoms with Crippen molar-refractivity contribution in [3.8, 4) is 22.9 Å². The zero-order valence-electron chi connectivity index (χ0n) is 18.5. The lowest BCUT2D eigenvalue weighted by atomic mass is 9.94. The molecule has 3 aromatic rings. The summed E-state index contributed by atoms with van der Waals surface area (Å²) in [6.45, 7) is 0. The molecule has 1 saturated carbocycles. The molecule has 2 nitrogen and oxygen atoms in total. The number of benzene rings is 3. The van der Waals surface area contributed by atoms with Crippen LogP contribution in [0.1, 0.15) is 42.4 Å². The van der Waals surface area contributed by atoms with Gasteiger partial charge in [0.15, 0.2) is 0 Å². The van der Waals surface area contributed by atoms with Crippen LogP contribution >= 0.6 is 0 Å². The molecule has 0 radical (unpaired) electrons. The Morgan fingerprint density at radius 1 is 0.778 bits per heavy atom. The summed E-state index contributed by atoms with van der Waals surface area (Å²) >= 11 is 0. The number of rotatable bonds is 6. The summed E-state index contributed by atoms with van der Waals surface area (Å²) in [4.78, 5) is 0. The number of halogens is 8.